The van der Waals surface area contributed by atoms with E-state index in [2.05, 4.69) is 25.8 Å². The summed E-state index contributed by atoms with van der Waals surface area (Å²) in [6, 6.07) is 9.73. The molecule has 0 radical (unpaired) electrons. The predicted molar refractivity (Wildman–Crippen MR) is 140 cm³/mol. The molecule has 1 amide bonds. The van der Waals surface area contributed by atoms with E-state index in [9.17, 15) is 13.2 Å². The first-order valence-corrected chi connectivity index (χ1v) is 14.2. The minimum atomic E-state index is -3.46. The van der Waals surface area contributed by atoms with Crippen molar-refractivity contribution in [2.24, 2.45) is 5.16 Å². The number of anilines is 2. The highest BCUT2D eigenvalue weighted by atomic mass is 32.2. The topological polar surface area (TPSA) is 132 Å². The Morgan fingerprint density at radius 2 is 1.89 bits per heavy atom. The number of nitrogens with zero attached hydrogens (tertiary/aromatic N) is 3. The van der Waals surface area contributed by atoms with Gasteiger partial charge in [0.15, 0.2) is 20.7 Å². The normalized spacial score (nSPS) is 14.8. The molecule has 10 nitrogen and oxygen atoms in total. The van der Waals surface area contributed by atoms with Crippen LogP contribution in [0.25, 0.3) is 10.3 Å². The zero-order valence-corrected chi connectivity index (χ0v) is 21.8. The fourth-order valence-corrected chi connectivity index (χ4v) is 5.96. The number of methoxy groups -OCH3 is 1. The largest absolute Gasteiger partial charge is 0.392 e. The Morgan fingerprint density at radius 3 is 2.58 bits per heavy atom. The Hall–Kier alpha value is -3.09. The van der Waals surface area contributed by atoms with Crippen LogP contribution in [0.4, 0.5) is 10.9 Å². The van der Waals surface area contributed by atoms with Crippen molar-refractivity contribution in [3.8, 4) is 0 Å². The Kier molecular flexibility index (Phi) is 8.49. The number of ether oxygens (including phenoxy) is 1. The van der Waals surface area contributed by atoms with Gasteiger partial charge in [-0.3, -0.25) is 10.1 Å². The highest BCUT2D eigenvalue weighted by molar-refractivity contribution is 7.91. The number of oxime groups is 1. The second kappa shape index (κ2) is 11.8. The molecule has 1 fully saturated rings. The third-order valence-electron chi connectivity index (χ3n) is 5.79. The summed E-state index contributed by atoms with van der Waals surface area (Å²) in [7, 11) is -0.150. The fourth-order valence-electron chi connectivity index (χ4n) is 3.84. The molecule has 36 heavy (non-hydrogen) atoms. The van der Waals surface area contributed by atoms with Gasteiger partial charge in [-0.2, -0.15) is 0 Å². The van der Waals surface area contributed by atoms with E-state index in [0.29, 0.717) is 39.9 Å². The SMILES string of the molecule is CNc1ccc2nc(NC(=O)C(=NOC3CCCC3)c3ccc(S(=O)(=O)CCCOC)cc3)sc2n1. The molecule has 0 saturated heterocycles. The van der Waals surface area contributed by atoms with Gasteiger partial charge in [-0.1, -0.05) is 28.6 Å². The number of amides is 1. The smallest absolute Gasteiger partial charge is 0.280 e. The lowest BCUT2D eigenvalue weighted by Gasteiger charge is -2.11. The summed E-state index contributed by atoms with van der Waals surface area (Å²) in [6.07, 6.45) is 4.25. The molecule has 2 N–H and O–H groups in total. The number of aromatic nitrogens is 2. The third kappa shape index (κ3) is 6.37. The molecule has 0 unspecified atom stereocenters. The van der Waals surface area contributed by atoms with Gasteiger partial charge >= 0.3 is 0 Å². The zero-order valence-electron chi connectivity index (χ0n) is 20.2. The van der Waals surface area contributed by atoms with Crippen LogP contribution in [-0.2, 0) is 24.2 Å². The van der Waals surface area contributed by atoms with Crippen LogP contribution in [0, 0.1) is 0 Å². The molecule has 1 aliphatic carbocycles. The molecule has 1 aromatic carbocycles. The molecular weight excluding hydrogens is 502 g/mol. The maximum Gasteiger partial charge on any atom is 0.280 e. The van der Waals surface area contributed by atoms with Gasteiger partial charge in [-0.25, -0.2) is 18.4 Å². The van der Waals surface area contributed by atoms with Gasteiger partial charge in [0, 0.05) is 26.3 Å². The predicted octanol–water partition coefficient (Wildman–Crippen LogP) is 3.85. The van der Waals surface area contributed by atoms with Crippen molar-refractivity contribution in [3.05, 3.63) is 42.0 Å². The number of carbonyl (C=O) groups excluding carboxylic acids is 1. The fraction of sp³-hybridized carbons (Fsp3) is 0.417. The van der Waals surface area contributed by atoms with Crippen molar-refractivity contribution in [1.29, 1.82) is 0 Å². The lowest BCUT2D eigenvalue weighted by Crippen LogP contribution is -2.25. The number of fused-ring (bicyclic) bond motifs is 1. The van der Waals surface area contributed by atoms with E-state index in [0.717, 1.165) is 25.7 Å². The number of rotatable bonds is 11. The number of nitrogens with one attached hydrogen (secondary N) is 2. The zero-order chi connectivity index (χ0) is 25.5. The van der Waals surface area contributed by atoms with E-state index in [-0.39, 0.29) is 22.5 Å². The van der Waals surface area contributed by atoms with E-state index < -0.39 is 15.7 Å². The Balaban J connectivity index is 1.56. The van der Waals surface area contributed by atoms with Crippen molar-refractivity contribution < 1.29 is 22.8 Å². The lowest BCUT2D eigenvalue weighted by molar-refractivity contribution is -0.110. The summed E-state index contributed by atoms with van der Waals surface area (Å²) in [4.78, 5) is 28.7. The highest BCUT2D eigenvalue weighted by Crippen LogP contribution is 2.26. The summed E-state index contributed by atoms with van der Waals surface area (Å²) in [5.41, 5.74) is 1.16. The summed E-state index contributed by atoms with van der Waals surface area (Å²) in [5.74, 6) is 0.179. The molecule has 0 bridgehead atoms. The molecule has 0 atom stereocenters. The van der Waals surface area contributed by atoms with Crippen LogP contribution in [-0.4, -0.2) is 62.6 Å². The minimum absolute atomic E-state index is 0.0205. The quantitative estimate of drug-likeness (QED) is 0.217. The van der Waals surface area contributed by atoms with Gasteiger partial charge in [-0.05, 0) is 56.4 Å². The molecule has 2 heterocycles. The Bertz CT molecular complexity index is 1330. The molecule has 12 heteroatoms. The maximum absolute atomic E-state index is 13.3. The highest BCUT2D eigenvalue weighted by Gasteiger charge is 2.22. The molecule has 3 aromatic rings. The van der Waals surface area contributed by atoms with Crippen LogP contribution in [0.5, 0.6) is 0 Å². The first kappa shape index (κ1) is 26.0. The third-order valence-corrected chi connectivity index (χ3v) is 8.49. The molecule has 192 valence electrons. The van der Waals surface area contributed by atoms with E-state index >= 15 is 0 Å². The van der Waals surface area contributed by atoms with Crippen LogP contribution >= 0.6 is 11.3 Å². The van der Waals surface area contributed by atoms with Gasteiger partial charge in [0.25, 0.3) is 5.91 Å². The summed E-state index contributed by atoms with van der Waals surface area (Å²) >= 11 is 1.25. The molecule has 4 rings (SSSR count). The van der Waals surface area contributed by atoms with E-state index in [1.165, 1.54) is 30.6 Å². The van der Waals surface area contributed by atoms with Gasteiger partial charge in [0.1, 0.15) is 22.3 Å². The number of sulfone groups is 1. The first-order chi connectivity index (χ1) is 17.4. The van der Waals surface area contributed by atoms with Gasteiger partial charge in [-0.15, -0.1) is 0 Å². The van der Waals surface area contributed by atoms with E-state index in [1.807, 2.05) is 6.07 Å². The monoisotopic (exact) mass is 531 g/mol. The molecule has 0 aliphatic heterocycles. The second-order valence-electron chi connectivity index (χ2n) is 8.39. The molecular formula is C24H29N5O5S2. The first-order valence-electron chi connectivity index (χ1n) is 11.7. The average molecular weight is 532 g/mol. The number of carbonyl (C=O) groups is 1. The van der Waals surface area contributed by atoms with Gasteiger partial charge < -0.3 is 14.9 Å². The van der Waals surface area contributed by atoms with Crippen LogP contribution in [0.1, 0.15) is 37.7 Å². The van der Waals surface area contributed by atoms with E-state index in [1.54, 1.807) is 25.2 Å². The molecule has 0 spiro atoms. The van der Waals surface area contributed by atoms with Crippen molar-refractivity contribution in [2.75, 3.05) is 37.2 Å². The summed E-state index contributed by atoms with van der Waals surface area (Å²) in [5, 5.41) is 10.3. The van der Waals surface area contributed by atoms with Gasteiger partial charge in [0.05, 0.1) is 10.6 Å². The van der Waals surface area contributed by atoms with Crippen molar-refractivity contribution in [2.45, 2.75) is 43.1 Å². The van der Waals surface area contributed by atoms with Crippen LogP contribution in [0.3, 0.4) is 0 Å². The Labute approximate surface area is 214 Å². The summed E-state index contributed by atoms with van der Waals surface area (Å²) in [6.45, 7) is 0.365. The lowest BCUT2D eigenvalue weighted by atomic mass is 10.1. The standard InChI is InChI=1S/C24H29N5O5S2/c1-25-20-13-12-19-23(27-20)35-24(26-19)28-22(30)21(29-34-17-6-3-4-7-17)16-8-10-18(11-9-16)36(31,32)15-5-14-33-2/h8-13,17H,3-7,14-15H2,1-2H3,(H,25,27)(H,26,28,30). The molecule has 1 aliphatic rings. The van der Waals surface area contributed by atoms with Gasteiger partial charge in [0.2, 0.25) is 0 Å². The average Bonchev–Trinajstić information content (AvgIpc) is 3.53. The second-order valence-corrected chi connectivity index (χ2v) is 11.5. The Morgan fingerprint density at radius 1 is 1.14 bits per heavy atom. The van der Waals surface area contributed by atoms with Crippen molar-refractivity contribution in [1.82, 2.24) is 9.97 Å². The number of hydrogen-bond donors (Lipinski definition) is 2. The number of pyridine rings is 1. The van der Waals surface area contributed by atoms with Crippen LogP contribution in [0.2, 0.25) is 0 Å². The number of hydrogen-bond acceptors (Lipinski definition) is 10. The number of benzene rings is 1. The molecule has 2 aromatic heterocycles. The number of thiazole rings is 1. The van der Waals surface area contributed by atoms with E-state index in [4.69, 9.17) is 9.57 Å². The van der Waals surface area contributed by atoms with Crippen LogP contribution in [0.15, 0.2) is 46.4 Å². The van der Waals surface area contributed by atoms with Crippen LogP contribution < -0.4 is 10.6 Å². The maximum atomic E-state index is 13.3. The molecule has 1 saturated carbocycles. The minimum Gasteiger partial charge on any atom is -0.392 e. The van der Waals surface area contributed by atoms with Crippen molar-refractivity contribution >= 4 is 54.1 Å². The van der Waals surface area contributed by atoms with Crippen molar-refractivity contribution in [3.63, 3.8) is 0 Å². The summed E-state index contributed by atoms with van der Waals surface area (Å²) < 4.78 is 30.1.